The number of nitrogens with zero attached hydrogens (tertiary/aromatic N) is 3. The van der Waals surface area contributed by atoms with E-state index in [1.807, 2.05) is 4.90 Å². The number of rotatable bonds is 3. The zero-order chi connectivity index (χ0) is 14.7. The molecule has 3 fully saturated rings. The van der Waals surface area contributed by atoms with E-state index in [0.717, 1.165) is 65.6 Å². The molecule has 3 saturated heterocycles. The predicted octanol–water partition coefficient (Wildman–Crippen LogP) is -0.787. The monoisotopic (exact) mass is 296 g/mol. The van der Waals surface area contributed by atoms with Gasteiger partial charge in [-0.2, -0.15) is 0 Å². The van der Waals surface area contributed by atoms with E-state index >= 15 is 0 Å². The lowest BCUT2D eigenvalue weighted by Crippen LogP contribution is -2.53. The molecule has 1 amide bonds. The minimum absolute atomic E-state index is 0.0224. The minimum atomic E-state index is 0.0224. The Hall–Kier alpha value is -0.690. The molecule has 0 aromatic rings. The number of hydrogen-bond donors (Lipinski definition) is 1. The number of hydrogen-bond acceptors (Lipinski definition) is 5. The van der Waals surface area contributed by atoms with Gasteiger partial charge in [0.15, 0.2) is 0 Å². The van der Waals surface area contributed by atoms with Crippen LogP contribution in [0, 0.1) is 0 Å². The molecule has 2 atom stereocenters. The number of ether oxygens (including phenoxy) is 1. The number of nitrogens with one attached hydrogen (secondary N) is 1. The fourth-order valence-corrected chi connectivity index (χ4v) is 3.67. The Bertz CT molecular complexity index is 354. The van der Waals surface area contributed by atoms with Gasteiger partial charge in [-0.15, -0.1) is 0 Å². The van der Waals surface area contributed by atoms with E-state index in [0.29, 0.717) is 11.9 Å². The maximum Gasteiger partial charge on any atom is 0.239 e. The minimum Gasteiger partial charge on any atom is -0.379 e. The highest BCUT2D eigenvalue weighted by atomic mass is 16.5. The highest BCUT2D eigenvalue weighted by Crippen LogP contribution is 2.20. The van der Waals surface area contributed by atoms with Crippen LogP contribution in [-0.4, -0.2) is 98.3 Å². The van der Waals surface area contributed by atoms with Crippen LogP contribution in [0.3, 0.4) is 0 Å². The number of piperazine rings is 1. The summed E-state index contributed by atoms with van der Waals surface area (Å²) in [7, 11) is 0. The predicted molar refractivity (Wildman–Crippen MR) is 81.3 cm³/mol. The number of carbonyl (C=O) groups is 1. The van der Waals surface area contributed by atoms with Crippen molar-refractivity contribution in [3.05, 3.63) is 0 Å². The molecule has 0 aromatic carbocycles. The van der Waals surface area contributed by atoms with Crippen LogP contribution in [0.15, 0.2) is 0 Å². The van der Waals surface area contributed by atoms with Gasteiger partial charge in [-0.05, 0) is 13.3 Å². The van der Waals surface area contributed by atoms with Gasteiger partial charge in [-0.25, -0.2) is 0 Å². The molecule has 3 rings (SSSR count). The van der Waals surface area contributed by atoms with Crippen molar-refractivity contribution in [1.82, 2.24) is 20.0 Å². The van der Waals surface area contributed by atoms with Crippen LogP contribution in [0.1, 0.15) is 13.3 Å². The molecule has 6 heteroatoms. The lowest BCUT2D eigenvalue weighted by molar-refractivity contribution is -0.136. The van der Waals surface area contributed by atoms with Crippen LogP contribution in [-0.2, 0) is 9.53 Å². The molecule has 3 aliphatic rings. The molecule has 0 aliphatic carbocycles. The summed E-state index contributed by atoms with van der Waals surface area (Å²) in [6, 6.07) is 0.626. The Kier molecular flexibility index (Phi) is 5.11. The van der Waals surface area contributed by atoms with E-state index in [1.54, 1.807) is 0 Å². The number of amides is 1. The second-order valence-electron chi connectivity index (χ2n) is 6.34. The molecule has 120 valence electrons. The van der Waals surface area contributed by atoms with Gasteiger partial charge >= 0.3 is 0 Å². The summed E-state index contributed by atoms with van der Waals surface area (Å²) >= 11 is 0. The fourth-order valence-electron chi connectivity index (χ4n) is 3.67. The summed E-state index contributed by atoms with van der Waals surface area (Å²) in [5, 5.41) is 3.30. The standard InChI is InChI=1S/C15H28N4O2/c1-13(15(20)18-6-3-16-4-7-18)19-5-2-14(12-19)17-8-10-21-11-9-17/h13-14,16H,2-12H2,1H3. The summed E-state index contributed by atoms with van der Waals surface area (Å²) in [6.45, 7) is 11.5. The third-order valence-electron chi connectivity index (χ3n) is 5.09. The molecule has 3 aliphatic heterocycles. The van der Waals surface area contributed by atoms with Crippen molar-refractivity contribution in [3.63, 3.8) is 0 Å². The number of likely N-dealkylation sites (tertiary alicyclic amines) is 1. The van der Waals surface area contributed by atoms with E-state index < -0.39 is 0 Å². The molecule has 2 unspecified atom stereocenters. The average molecular weight is 296 g/mol. The number of carbonyl (C=O) groups excluding carboxylic acids is 1. The summed E-state index contributed by atoms with van der Waals surface area (Å²) in [5.74, 6) is 0.305. The Morgan fingerprint density at radius 1 is 1.14 bits per heavy atom. The maximum absolute atomic E-state index is 12.6. The zero-order valence-corrected chi connectivity index (χ0v) is 13.1. The summed E-state index contributed by atoms with van der Waals surface area (Å²) < 4.78 is 5.43. The second-order valence-corrected chi connectivity index (χ2v) is 6.34. The molecular formula is C15H28N4O2. The quantitative estimate of drug-likeness (QED) is 0.740. The van der Waals surface area contributed by atoms with E-state index in [2.05, 4.69) is 22.0 Å². The van der Waals surface area contributed by atoms with E-state index in [4.69, 9.17) is 4.74 Å². The SMILES string of the molecule is CC(C(=O)N1CCNCC1)N1CCC(N2CCOCC2)C1. The van der Waals surface area contributed by atoms with Crippen molar-refractivity contribution in [2.45, 2.75) is 25.4 Å². The first kappa shape index (κ1) is 15.2. The van der Waals surface area contributed by atoms with Crippen LogP contribution in [0.5, 0.6) is 0 Å². The lowest BCUT2D eigenvalue weighted by Gasteiger charge is -2.34. The van der Waals surface area contributed by atoms with E-state index in [-0.39, 0.29) is 6.04 Å². The highest BCUT2D eigenvalue weighted by molar-refractivity contribution is 5.81. The molecule has 3 heterocycles. The largest absolute Gasteiger partial charge is 0.379 e. The molecular weight excluding hydrogens is 268 g/mol. The first-order valence-electron chi connectivity index (χ1n) is 8.31. The van der Waals surface area contributed by atoms with Crippen LogP contribution in [0.25, 0.3) is 0 Å². The van der Waals surface area contributed by atoms with Crippen LogP contribution >= 0.6 is 0 Å². The molecule has 6 nitrogen and oxygen atoms in total. The number of morpholine rings is 1. The van der Waals surface area contributed by atoms with Gasteiger partial charge < -0.3 is 15.0 Å². The third-order valence-corrected chi connectivity index (χ3v) is 5.09. The maximum atomic E-state index is 12.6. The Balaban J connectivity index is 1.51. The normalized spacial score (nSPS) is 30.5. The second kappa shape index (κ2) is 7.05. The van der Waals surface area contributed by atoms with Crippen molar-refractivity contribution >= 4 is 5.91 Å². The molecule has 21 heavy (non-hydrogen) atoms. The van der Waals surface area contributed by atoms with Crippen molar-refractivity contribution in [3.8, 4) is 0 Å². The van der Waals surface area contributed by atoms with Crippen LogP contribution < -0.4 is 5.32 Å². The highest BCUT2D eigenvalue weighted by Gasteiger charge is 2.34. The first-order valence-corrected chi connectivity index (χ1v) is 8.31. The van der Waals surface area contributed by atoms with Gasteiger partial charge in [0.2, 0.25) is 5.91 Å². The molecule has 0 spiro atoms. The van der Waals surface area contributed by atoms with Gasteiger partial charge in [0, 0.05) is 58.4 Å². The Morgan fingerprint density at radius 2 is 1.86 bits per heavy atom. The molecule has 1 N–H and O–H groups in total. The van der Waals surface area contributed by atoms with E-state index in [9.17, 15) is 4.79 Å². The topological polar surface area (TPSA) is 48.1 Å². The lowest BCUT2D eigenvalue weighted by atomic mass is 10.2. The first-order chi connectivity index (χ1) is 10.3. The van der Waals surface area contributed by atoms with Gasteiger partial charge in [-0.1, -0.05) is 0 Å². The van der Waals surface area contributed by atoms with Crippen molar-refractivity contribution in [2.24, 2.45) is 0 Å². The van der Waals surface area contributed by atoms with Gasteiger partial charge in [0.25, 0.3) is 0 Å². The zero-order valence-electron chi connectivity index (χ0n) is 13.1. The van der Waals surface area contributed by atoms with Crippen molar-refractivity contribution in [2.75, 3.05) is 65.6 Å². The molecule has 0 bridgehead atoms. The van der Waals surface area contributed by atoms with Gasteiger partial charge in [0.1, 0.15) is 0 Å². The molecule has 0 saturated carbocycles. The van der Waals surface area contributed by atoms with Gasteiger partial charge in [-0.3, -0.25) is 14.6 Å². The van der Waals surface area contributed by atoms with Gasteiger partial charge in [0.05, 0.1) is 19.3 Å². The molecule has 0 radical (unpaired) electrons. The Morgan fingerprint density at radius 3 is 2.57 bits per heavy atom. The fraction of sp³-hybridized carbons (Fsp3) is 0.933. The Labute approximate surface area is 127 Å². The van der Waals surface area contributed by atoms with Crippen molar-refractivity contribution in [1.29, 1.82) is 0 Å². The average Bonchev–Trinajstić information content (AvgIpc) is 3.05. The van der Waals surface area contributed by atoms with E-state index in [1.165, 1.54) is 6.42 Å². The third kappa shape index (κ3) is 3.56. The van der Waals surface area contributed by atoms with Crippen LogP contribution in [0.2, 0.25) is 0 Å². The summed E-state index contributed by atoms with van der Waals surface area (Å²) in [6.07, 6.45) is 1.18. The van der Waals surface area contributed by atoms with Crippen molar-refractivity contribution < 1.29 is 9.53 Å². The van der Waals surface area contributed by atoms with Crippen LogP contribution in [0.4, 0.5) is 0 Å². The summed E-state index contributed by atoms with van der Waals surface area (Å²) in [5.41, 5.74) is 0. The molecule has 0 aromatic heterocycles. The summed E-state index contributed by atoms with van der Waals surface area (Å²) in [4.78, 5) is 19.5. The smallest absolute Gasteiger partial charge is 0.239 e.